The zero-order valence-electron chi connectivity index (χ0n) is 23.8. The number of aromatic amines is 1. The van der Waals surface area contributed by atoms with Gasteiger partial charge in [-0.1, -0.05) is 78.4 Å². The maximum atomic E-state index is 6.40. The summed E-state index contributed by atoms with van der Waals surface area (Å²) in [4.78, 5) is 3.76. The highest BCUT2D eigenvalue weighted by Crippen LogP contribution is 2.41. The summed E-state index contributed by atoms with van der Waals surface area (Å²) < 4.78 is 9.05. The van der Waals surface area contributed by atoms with Crippen LogP contribution in [-0.4, -0.2) is 12.3 Å². The molecular weight excluding hydrogens is 543 g/mol. The van der Waals surface area contributed by atoms with E-state index in [4.69, 9.17) is 4.42 Å². The summed E-state index contributed by atoms with van der Waals surface area (Å²) in [5.74, 6) is 0.261. The van der Waals surface area contributed by atoms with Gasteiger partial charge in [0.1, 0.15) is 5.58 Å². The maximum absolute atomic E-state index is 6.40. The molecule has 205 valence electrons. The van der Waals surface area contributed by atoms with Crippen LogP contribution in [-0.2, 0) is 6.42 Å². The van der Waals surface area contributed by atoms with Gasteiger partial charge in [-0.25, -0.2) is 0 Å². The largest absolute Gasteiger partial charge is 0.471 e. The van der Waals surface area contributed by atoms with Gasteiger partial charge in [-0.2, -0.15) is 0 Å². The molecule has 3 nitrogen and oxygen atoms in total. The second kappa shape index (κ2) is 9.65. The van der Waals surface area contributed by atoms with Crippen LogP contribution >= 0.6 is 11.3 Å². The summed E-state index contributed by atoms with van der Waals surface area (Å²) in [7, 11) is 2.35. The first-order chi connectivity index (χ1) is 21.2. The van der Waals surface area contributed by atoms with E-state index in [0.29, 0.717) is 0 Å². The van der Waals surface area contributed by atoms with E-state index in [1.165, 1.54) is 64.6 Å². The van der Waals surface area contributed by atoms with E-state index in [1.807, 2.05) is 11.3 Å². The lowest BCUT2D eigenvalue weighted by atomic mass is 9.52. The van der Waals surface area contributed by atoms with Crippen LogP contribution in [0.2, 0.25) is 0 Å². The van der Waals surface area contributed by atoms with Crippen LogP contribution < -0.4 is 11.0 Å². The molecule has 3 aromatic heterocycles. The van der Waals surface area contributed by atoms with Gasteiger partial charge in [-0.05, 0) is 73.1 Å². The SMILES string of the molecule is Cc1ccc2c(c1)-c1c(oc3ccccc13)[B]C2CCc1[nH]c2ccccc2c1Nc1ccc2sc3ccccc3c2c1. The van der Waals surface area contributed by atoms with Gasteiger partial charge >= 0.3 is 0 Å². The fourth-order valence-corrected chi connectivity index (χ4v) is 8.04. The van der Waals surface area contributed by atoms with E-state index in [2.05, 4.69) is 134 Å². The summed E-state index contributed by atoms with van der Waals surface area (Å²) >= 11 is 1.85. The Balaban J connectivity index is 1.08. The number of nitrogens with one attached hydrogen (secondary N) is 2. The molecule has 0 spiro atoms. The van der Waals surface area contributed by atoms with Crippen molar-refractivity contribution in [3.05, 3.63) is 126 Å². The second-order valence-corrected chi connectivity index (χ2v) is 12.8. The van der Waals surface area contributed by atoms with E-state index >= 15 is 0 Å². The first kappa shape index (κ1) is 24.8. The lowest BCUT2D eigenvalue weighted by molar-refractivity contribution is 0.646. The van der Waals surface area contributed by atoms with E-state index in [9.17, 15) is 0 Å². The molecule has 0 saturated heterocycles. The van der Waals surface area contributed by atoms with Crippen molar-refractivity contribution in [3.63, 3.8) is 0 Å². The van der Waals surface area contributed by atoms with Crippen molar-refractivity contribution in [1.82, 2.24) is 4.98 Å². The van der Waals surface area contributed by atoms with Crippen LogP contribution in [0.15, 0.2) is 114 Å². The second-order valence-electron chi connectivity index (χ2n) is 11.7. The number of anilines is 2. The van der Waals surface area contributed by atoms with Crippen molar-refractivity contribution in [2.45, 2.75) is 25.6 Å². The molecule has 1 aliphatic rings. The van der Waals surface area contributed by atoms with Crippen LogP contribution in [0.5, 0.6) is 0 Å². The summed E-state index contributed by atoms with van der Waals surface area (Å²) in [5.41, 5.74) is 11.8. The quantitative estimate of drug-likeness (QED) is 0.202. The number of furan rings is 1. The van der Waals surface area contributed by atoms with Gasteiger partial charge in [-0.15, -0.1) is 11.3 Å². The fourth-order valence-electron chi connectivity index (χ4n) is 6.96. The van der Waals surface area contributed by atoms with Gasteiger partial charge in [0.2, 0.25) is 7.28 Å². The number of aromatic nitrogens is 1. The summed E-state index contributed by atoms with van der Waals surface area (Å²) in [6, 6.07) is 39.3. The lowest BCUT2D eigenvalue weighted by Crippen LogP contribution is -2.28. The first-order valence-corrected chi connectivity index (χ1v) is 15.8. The van der Waals surface area contributed by atoms with Crippen LogP contribution in [0.25, 0.3) is 53.2 Å². The number of hydrogen-bond acceptors (Lipinski definition) is 3. The van der Waals surface area contributed by atoms with E-state index in [1.54, 1.807) is 0 Å². The average Bonchev–Trinajstić information content (AvgIpc) is 3.71. The Hall–Kier alpha value is -4.74. The van der Waals surface area contributed by atoms with Gasteiger partial charge in [0, 0.05) is 53.4 Å². The minimum Gasteiger partial charge on any atom is -0.471 e. The number of H-pyrrole nitrogens is 1. The van der Waals surface area contributed by atoms with Gasteiger partial charge in [0.15, 0.2) is 0 Å². The molecule has 1 unspecified atom stereocenters. The highest BCUT2D eigenvalue weighted by atomic mass is 32.1. The highest BCUT2D eigenvalue weighted by Gasteiger charge is 2.30. The Bertz CT molecular complexity index is 2340. The molecule has 0 bridgehead atoms. The molecule has 9 rings (SSSR count). The zero-order chi connectivity index (χ0) is 28.5. The minimum absolute atomic E-state index is 0.261. The van der Waals surface area contributed by atoms with E-state index in [0.717, 1.165) is 35.3 Å². The van der Waals surface area contributed by atoms with Crippen LogP contribution in [0.1, 0.15) is 29.1 Å². The minimum atomic E-state index is 0.261. The third-order valence-corrected chi connectivity index (χ3v) is 10.1. The number of fused-ring (bicyclic) bond motifs is 9. The smallest absolute Gasteiger partial charge is 0.211 e. The Morgan fingerprint density at radius 3 is 2.51 bits per heavy atom. The molecule has 1 radical (unpaired) electrons. The predicted molar refractivity (Wildman–Crippen MR) is 184 cm³/mol. The number of hydrogen-bond donors (Lipinski definition) is 2. The molecule has 0 amide bonds. The third kappa shape index (κ3) is 4.03. The van der Waals surface area contributed by atoms with Gasteiger partial charge in [0.25, 0.3) is 0 Å². The number of thiophene rings is 1. The normalized spacial score (nSPS) is 14.3. The monoisotopic (exact) mass is 571 g/mol. The van der Waals surface area contributed by atoms with Crippen LogP contribution in [0.4, 0.5) is 11.4 Å². The molecule has 0 saturated carbocycles. The van der Waals surface area contributed by atoms with Crippen molar-refractivity contribution in [3.8, 4) is 11.1 Å². The Labute approximate surface area is 254 Å². The summed E-state index contributed by atoms with van der Waals surface area (Å²) in [6.07, 6.45) is 1.88. The molecule has 2 N–H and O–H groups in total. The molecule has 5 aromatic carbocycles. The van der Waals surface area contributed by atoms with Gasteiger partial charge in [0.05, 0.1) is 11.3 Å². The van der Waals surface area contributed by atoms with E-state index in [-0.39, 0.29) is 5.82 Å². The summed E-state index contributed by atoms with van der Waals surface area (Å²) in [6.45, 7) is 2.17. The van der Waals surface area contributed by atoms with Crippen LogP contribution in [0.3, 0.4) is 0 Å². The Morgan fingerprint density at radius 2 is 1.58 bits per heavy atom. The Kier molecular flexibility index (Phi) is 5.57. The molecule has 0 aliphatic carbocycles. The summed E-state index contributed by atoms with van der Waals surface area (Å²) in [5, 5.41) is 8.86. The van der Waals surface area contributed by atoms with Gasteiger partial charge in [-0.3, -0.25) is 0 Å². The van der Waals surface area contributed by atoms with Gasteiger partial charge < -0.3 is 14.7 Å². The number of rotatable bonds is 5. The average molecular weight is 572 g/mol. The number of benzene rings is 5. The standard InChI is InChI=1S/C38H28BN2OS/c1-22-14-16-24-29(20-22)36-27-10-3-6-12-33(27)42-38(36)39-30(24)17-18-32-37(26-9-2-5-11-31(26)41-32)40-23-15-19-35-28(21-23)25-8-4-7-13-34(25)43-35/h2-16,19-21,30,40-41H,17-18H2,1H3. The molecule has 1 aliphatic heterocycles. The van der Waals surface area contributed by atoms with Crippen molar-refractivity contribution >= 4 is 77.7 Å². The van der Waals surface area contributed by atoms with Crippen molar-refractivity contribution in [2.75, 3.05) is 5.32 Å². The molecule has 5 heteroatoms. The fraction of sp³-hybridized carbons (Fsp3) is 0.105. The number of aryl methyl sites for hydroxylation is 2. The van der Waals surface area contributed by atoms with Crippen molar-refractivity contribution < 1.29 is 4.42 Å². The van der Waals surface area contributed by atoms with Crippen LogP contribution in [0, 0.1) is 6.92 Å². The molecule has 1 atom stereocenters. The zero-order valence-corrected chi connectivity index (χ0v) is 24.6. The third-order valence-electron chi connectivity index (χ3n) is 8.99. The van der Waals surface area contributed by atoms with E-state index < -0.39 is 0 Å². The predicted octanol–water partition coefficient (Wildman–Crippen LogP) is 10.0. The van der Waals surface area contributed by atoms with Crippen molar-refractivity contribution in [1.29, 1.82) is 0 Å². The molecular formula is C38H28BN2OS. The Morgan fingerprint density at radius 1 is 0.791 bits per heavy atom. The first-order valence-electron chi connectivity index (χ1n) is 14.9. The van der Waals surface area contributed by atoms with Crippen molar-refractivity contribution in [2.24, 2.45) is 0 Å². The maximum Gasteiger partial charge on any atom is 0.211 e. The highest BCUT2D eigenvalue weighted by molar-refractivity contribution is 7.25. The number of para-hydroxylation sites is 2. The molecule has 0 fully saturated rings. The lowest BCUT2D eigenvalue weighted by Gasteiger charge is -2.25. The molecule has 8 aromatic rings. The topological polar surface area (TPSA) is 41.0 Å². The molecule has 43 heavy (non-hydrogen) atoms. The molecule has 4 heterocycles.